The zero-order valence-electron chi connectivity index (χ0n) is 16.2. The van der Waals surface area contributed by atoms with E-state index in [4.69, 9.17) is 22.1 Å². The van der Waals surface area contributed by atoms with Crippen molar-refractivity contribution in [2.24, 2.45) is 11.7 Å². The van der Waals surface area contributed by atoms with Crippen molar-refractivity contribution < 1.29 is 19.4 Å². The Morgan fingerprint density at radius 2 is 1.89 bits per heavy atom. The van der Waals surface area contributed by atoms with Gasteiger partial charge in [0.2, 0.25) is 5.56 Å². The van der Waals surface area contributed by atoms with Gasteiger partial charge in [0.05, 0.1) is 6.04 Å². The number of alkyl carbamates (subject to hydrolysis) is 1. The molecule has 4 atom stereocenters. The number of nitrogens with two attached hydrogens (primary N) is 1. The van der Waals surface area contributed by atoms with Crippen molar-refractivity contribution in [1.82, 2.24) is 5.32 Å². The standard InChI is InChI=1S/C20H31ClN2O4/c1-4-5-11-16(18(25)17(24)15(22)12-13(2)3)23-20(26)27-19(21)14-9-7-6-8-10-14/h6-10,13,15-17,19,24H,4-5,11-12,22H2,1-3H3,(H,23,26)/t15-,16-,17?,19?/m0/s1. The molecule has 2 unspecified atom stereocenters. The number of unbranched alkanes of at least 4 members (excludes halogenated alkanes) is 1. The number of aliphatic hydroxyl groups is 1. The monoisotopic (exact) mass is 398 g/mol. The largest absolute Gasteiger partial charge is 0.425 e. The first-order valence-electron chi connectivity index (χ1n) is 9.39. The van der Waals surface area contributed by atoms with Gasteiger partial charge in [-0.2, -0.15) is 0 Å². The number of amides is 1. The van der Waals surface area contributed by atoms with Gasteiger partial charge in [-0.05, 0) is 18.8 Å². The number of alkyl halides is 1. The molecule has 0 aliphatic rings. The molecule has 7 heteroatoms. The summed E-state index contributed by atoms with van der Waals surface area (Å²) in [4.78, 5) is 24.8. The van der Waals surface area contributed by atoms with Crippen LogP contribution in [0.15, 0.2) is 30.3 Å². The molecule has 4 N–H and O–H groups in total. The molecule has 0 aliphatic heterocycles. The Labute approximate surface area is 166 Å². The highest BCUT2D eigenvalue weighted by Gasteiger charge is 2.31. The molecule has 0 bridgehead atoms. The van der Waals surface area contributed by atoms with Gasteiger partial charge in [0.15, 0.2) is 5.78 Å². The number of carbonyl (C=O) groups is 2. The Balaban J connectivity index is 2.72. The molecule has 0 saturated carbocycles. The number of ketones is 1. The maximum absolute atomic E-state index is 12.6. The van der Waals surface area contributed by atoms with Crippen LogP contribution in [-0.2, 0) is 9.53 Å². The van der Waals surface area contributed by atoms with E-state index in [0.29, 0.717) is 24.8 Å². The third kappa shape index (κ3) is 8.28. The van der Waals surface area contributed by atoms with E-state index in [1.807, 2.05) is 26.8 Å². The number of halogens is 1. The Kier molecular flexibility index (Phi) is 10.4. The summed E-state index contributed by atoms with van der Waals surface area (Å²) < 4.78 is 5.15. The Bertz CT molecular complexity index is 583. The molecule has 0 spiro atoms. The van der Waals surface area contributed by atoms with Crippen molar-refractivity contribution in [1.29, 1.82) is 0 Å². The van der Waals surface area contributed by atoms with Crippen LogP contribution in [0.5, 0.6) is 0 Å². The summed E-state index contributed by atoms with van der Waals surface area (Å²) in [6, 6.07) is 7.32. The topological polar surface area (TPSA) is 102 Å². The van der Waals surface area contributed by atoms with Crippen molar-refractivity contribution in [2.45, 2.75) is 70.2 Å². The lowest BCUT2D eigenvalue weighted by Gasteiger charge is -2.25. The summed E-state index contributed by atoms with van der Waals surface area (Å²) in [5.41, 5.74) is 5.60. The van der Waals surface area contributed by atoms with E-state index in [9.17, 15) is 14.7 Å². The highest BCUT2D eigenvalue weighted by Crippen LogP contribution is 2.21. The number of hydrogen-bond donors (Lipinski definition) is 3. The molecule has 0 fully saturated rings. The van der Waals surface area contributed by atoms with Crippen LogP contribution >= 0.6 is 11.6 Å². The van der Waals surface area contributed by atoms with Crippen LogP contribution in [-0.4, -0.2) is 35.2 Å². The summed E-state index contributed by atoms with van der Waals surface area (Å²) in [5.74, 6) is -0.253. The van der Waals surface area contributed by atoms with E-state index in [1.54, 1.807) is 24.3 Å². The van der Waals surface area contributed by atoms with Crippen LogP contribution in [0.1, 0.15) is 57.6 Å². The lowest BCUT2D eigenvalue weighted by molar-refractivity contribution is -0.130. The third-order valence-electron chi connectivity index (χ3n) is 4.19. The fourth-order valence-corrected chi connectivity index (χ4v) is 2.95. The van der Waals surface area contributed by atoms with E-state index in [-0.39, 0.29) is 5.92 Å². The first kappa shape index (κ1) is 23.4. The molecule has 0 saturated heterocycles. The van der Waals surface area contributed by atoms with Gasteiger partial charge >= 0.3 is 6.09 Å². The second kappa shape index (κ2) is 12.0. The van der Waals surface area contributed by atoms with Crippen LogP contribution in [0, 0.1) is 5.92 Å². The molecular weight excluding hydrogens is 368 g/mol. The highest BCUT2D eigenvalue weighted by atomic mass is 35.5. The minimum absolute atomic E-state index is 0.248. The predicted molar refractivity (Wildman–Crippen MR) is 106 cm³/mol. The van der Waals surface area contributed by atoms with Crippen LogP contribution in [0.25, 0.3) is 0 Å². The molecule has 0 aliphatic carbocycles. The zero-order chi connectivity index (χ0) is 20.4. The van der Waals surface area contributed by atoms with Crippen molar-refractivity contribution in [3.63, 3.8) is 0 Å². The fourth-order valence-electron chi connectivity index (χ4n) is 2.73. The second-order valence-corrected chi connectivity index (χ2v) is 7.51. The van der Waals surface area contributed by atoms with Gasteiger partial charge in [-0.3, -0.25) is 4.79 Å². The van der Waals surface area contributed by atoms with Crippen molar-refractivity contribution in [3.05, 3.63) is 35.9 Å². The lowest BCUT2D eigenvalue weighted by atomic mass is 9.93. The zero-order valence-corrected chi connectivity index (χ0v) is 17.0. The summed E-state index contributed by atoms with van der Waals surface area (Å²) >= 11 is 6.10. The lowest BCUT2D eigenvalue weighted by Crippen LogP contribution is -2.51. The van der Waals surface area contributed by atoms with Crippen LogP contribution in [0.3, 0.4) is 0 Å². The Hall–Kier alpha value is -1.63. The molecule has 1 aromatic rings. The maximum Gasteiger partial charge on any atom is 0.409 e. The van der Waals surface area contributed by atoms with Crippen molar-refractivity contribution in [3.8, 4) is 0 Å². The van der Waals surface area contributed by atoms with Crippen LogP contribution in [0.2, 0.25) is 0 Å². The number of carbonyl (C=O) groups excluding carboxylic acids is 2. The van der Waals surface area contributed by atoms with Crippen molar-refractivity contribution in [2.75, 3.05) is 0 Å². The molecular formula is C20H31ClN2O4. The normalized spacial score (nSPS) is 15.7. The number of ether oxygens (including phenoxy) is 1. The first-order valence-corrected chi connectivity index (χ1v) is 9.83. The smallest absolute Gasteiger partial charge is 0.409 e. The summed E-state index contributed by atoms with van der Waals surface area (Å²) in [7, 11) is 0. The van der Waals surface area contributed by atoms with Gasteiger partial charge in [-0.25, -0.2) is 4.79 Å². The third-order valence-corrected chi connectivity index (χ3v) is 4.54. The van der Waals surface area contributed by atoms with Crippen molar-refractivity contribution >= 4 is 23.5 Å². The molecule has 1 rings (SSSR count). The quantitative estimate of drug-likeness (QED) is 0.495. The molecule has 1 amide bonds. The summed E-state index contributed by atoms with van der Waals surface area (Å²) in [6.07, 6.45) is 0.320. The average molecular weight is 399 g/mol. The van der Waals surface area contributed by atoms with Gasteiger partial charge in [0.1, 0.15) is 6.10 Å². The van der Waals surface area contributed by atoms with Crippen LogP contribution in [0.4, 0.5) is 4.79 Å². The predicted octanol–water partition coefficient (Wildman–Crippen LogP) is 3.51. The number of nitrogens with one attached hydrogen (secondary N) is 1. The molecule has 6 nitrogen and oxygen atoms in total. The van der Waals surface area contributed by atoms with E-state index < -0.39 is 35.6 Å². The first-order chi connectivity index (χ1) is 12.8. The van der Waals surface area contributed by atoms with Gasteiger partial charge < -0.3 is 20.9 Å². The highest BCUT2D eigenvalue weighted by molar-refractivity contribution is 6.20. The number of aliphatic hydroxyl groups excluding tert-OH is 1. The van der Waals surface area contributed by atoms with Gasteiger partial charge in [0.25, 0.3) is 0 Å². The maximum atomic E-state index is 12.6. The number of Topliss-reactive ketones (excluding diaryl/α,β-unsaturated/α-hetero) is 1. The van der Waals surface area contributed by atoms with E-state index in [0.717, 1.165) is 6.42 Å². The molecule has 27 heavy (non-hydrogen) atoms. The Morgan fingerprint density at radius 3 is 2.44 bits per heavy atom. The molecule has 1 aromatic carbocycles. The number of hydrogen-bond acceptors (Lipinski definition) is 5. The summed E-state index contributed by atoms with van der Waals surface area (Å²) in [5, 5.41) is 12.8. The van der Waals surface area contributed by atoms with Gasteiger partial charge in [-0.15, -0.1) is 0 Å². The molecule has 0 aromatic heterocycles. The fraction of sp³-hybridized carbons (Fsp3) is 0.600. The van der Waals surface area contributed by atoms with E-state index in [2.05, 4.69) is 5.32 Å². The summed E-state index contributed by atoms with van der Waals surface area (Å²) in [6.45, 7) is 5.90. The SMILES string of the molecule is CCCC[C@H](NC(=O)OC(Cl)c1ccccc1)C(=O)C(O)[C@@H](N)CC(C)C. The molecule has 0 radical (unpaired) electrons. The second-order valence-electron chi connectivity index (χ2n) is 7.11. The Morgan fingerprint density at radius 1 is 1.26 bits per heavy atom. The molecule has 0 heterocycles. The van der Waals surface area contributed by atoms with Crippen LogP contribution < -0.4 is 11.1 Å². The minimum Gasteiger partial charge on any atom is -0.425 e. The van der Waals surface area contributed by atoms with Gasteiger partial charge in [0, 0.05) is 11.6 Å². The minimum atomic E-state index is -1.34. The van der Waals surface area contributed by atoms with E-state index >= 15 is 0 Å². The van der Waals surface area contributed by atoms with Gasteiger partial charge in [-0.1, -0.05) is 75.5 Å². The number of benzene rings is 1. The van der Waals surface area contributed by atoms with E-state index in [1.165, 1.54) is 0 Å². The number of rotatable bonds is 11. The average Bonchev–Trinajstić information content (AvgIpc) is 2.63. The molecule has 152 valence electrons.